The molecule has 4 aromatic rings. The Kier molecular flexibility index (Phi) is 5.94. The highest BCUT2D eigenvalue weighted by Crippen LogP contribution is 2.31. The van der Waals surface area contributed by atoms with E-state index in [1.54, 1.807) is 24.3 Å². The summed E-state index contributed by atoms with van der Waals surface area (Å²) in [5, 5.41) is 0. The summed E-state index contributed by atoms with van der Waals surface area (Å²) >= 11 is 0. The van der Waals surface area contributed by atoms with Gasteiger partial charge in [-0.15, -0.1) is 0 Å². The van der Waals surface area contributed by atoms with Crippen LogP contribution in [-0.2, 0) is 23.0 Å². The molecule has 0 saturated carbocycles. The van der Waals surface area contributed by atoms with Crippen molar-refractivity contribution in [1.82, 2.24) is 9.71 Å². The van der Waals surface area contributed by atoms with Gasteiger partial charge >= 0.3 is 0 Å². The number of fused-ring (bicyclic) bond motifs is 1. The lowest BCUT2D eigenvalue weighted by molar-refractivity contribution is 0.521. The molecule has 1 aromatic heterocycles. The largest absolute Gasteiger partial charge is 0.350 e. The lowest BCUT2D eigenvalue weighted by Gasteiger charge is -2.35. The van der Waals surface area contributed by atoms with Gasteiger partial charge in [-0.3, -0.25) is 0 Å². The topological polar surface area (TPSA) is 62.3 Å². The Morgan fingerprint density at radius 1 is 0.848 bits per heavy atom. The summed E-state index contributed by atoms with van der Waals surface area (Å²) in [4.78, 5) is 7.26. The number of nitrogens with zero attached hydrogens (tertiary/aromatic N) is 2. The van der Waals surface area contributed by atoms with Crippen LogP contribution in [-0.4, -0.2) is 26.0 Å². The van der Waals surface area contributed by atoms with E-state index in [0.29, 0.717) is 19.5 Å². The van der Waals surface area contributed by atoms with E-state index < -0.39 is 10.0 Å². The Bertz CT molecular complexity index is 1330. The highest BCUT2D eigenvalue weighted by Gasteiger charge is 2.29. The lowest BCUT2D eigenvalue weighted by Crippen LogP contribution is -2.48. The van der Waals surface area contributed by atoms with Gasteiger partial charge in [-0.1, -0.05) is 78.9 Å². The van der Waals surface area contributed by atoms with Crippen molar-refractivity contribution in [3.63, 3.8) is 0 Å². The molecule has 5 nitrogen and oxygen atoms in total. The molecular weight excluding hydrogens is 430 g/mol. The van der Waals surface area contributed by atoms with Crippen LogP contribution >= 0.6 is 0 Å². The average Bonchev–Trinajstić information content (AvgIpc) is 2.85. The highest BCUT2D eigenvalue weighted by atomic mass is 32.2. The Morgan fingerprint density at radius 2 is 1.48 bits per heavy atom. The SMILES string of the molecule is O=S(=O)(NC1Cc2cc(-c3ccccc3)cnc2N(Cc2ccccc2)C1)c1ccccc1. The van der Waals surface area contributed by atoms with Crippen molar-refractivity contribution in [1.29, 1.82) is 0 Å². The molecule has 1 N–H and O–H groups in total. The predicted molar refractivity (Wildman–Crippen MR) is 131 cm³/mol. The third kappa shape index (κ3) is 4.82. The van der Waals surface area contributed by atoms with Gasteiger partial charge in [-0.25, -0.2) is 18.1 Å². The summed E-state index contributed by atoms with van der Waals surface area (Å²) in [7, 11) is -3.62. The monoisotopic (exact) mass is 455 g/mol. The smallest absolute Gasteiger partial charge is 0.240 e. The molecule has 0 aliphatic carbocycles. The van der Waals surface area contributed by atoms with Gasteiger partial charge in [0.2, 0.25) is 10.0 Å². The van der Waals surface area contributed by atoms with Crippen molar-refractivity contribution in [2.75, 3.05) is 11.4 Å². The Hall–Kier alpha value is -3.48. The van der Waals surface area contributed by atoms with Crippen molar-refractivity contribution in [3.8, 4) is 11.1 Å². The molecular formula is C27H25N3O2S. The normalized spacial score (nSPS) is 15.8. The molecule has 0 radical (unpaired) electrons. The quantitative estimate of drug-likeness (QED) is 0.459. The number of aromatic nitrogens is 1. The fourth-order valence-corrected chi connectivity index (χ4v) is 5.57. The Balaban J connectivity index is 1.48. The Labute approximate surface area is 194 Å². The molecule has 2 heterocycles. The molecule has 0 spiro atoms. The zero-order chi connectivity index (χ0) is 22.7. The van der Waals surface area contributed by atoms with Crippen LogP contribution in [0.5, 0.6) is 0 Å². The van der Waals surface area contributed by atoms with Crippen molar-refractivity contribution >= 4 is 15.8 Å². The first-order chi connectivity index (χ1) is 16.1. The first kappa shape index (κ1) is 21.4. The summed E-state index contributed by atoms with van der Waals surface area (Å²) in [6.45, 7) is 1.21. The molecule has 166 valence electrons. The second kappa shape index (κ2) is 9.17. The standard InChI is InChI=1S/C27H25N3O2S/c31-33(32,26-14-8-3-9-15-26)29-25-17-23-16-24(22-12-6-2-7-13-22)18-28-27(23)30(20-25)19-21-10-4-1-5-11-21/h1-16,18,25,29H,17,19-20H2. The Morgan fingerprint density at radius 3 is 2.18 bits per heavy atom. The van der Waals surface area contributed by atoms with Crippen LogP contribution < -0.4 is 9.62 Å². The van der Waals surface area contributed by atoms with E-state index in [1.165, 1.54) is 0 Å². The third-order valence-electron chi connectivity index (χ3n) is 5.85. The lowest BCUT2D eigenvalue weighted by atomic mass is 9.97. The summed E-state index contributed by atoms with van der Waals surface area (Å²) < 4.78 is 29.0. The maximum Gasteiger partial charge on any atom is 0.240 e. The summed E-state index contributed by atoms with van der Waals surface area (Å²) in [5.41, 5.74) is 4.32. The van der Waals surface area contributed by atoms with Crippen molar-refractivity contribution in [2.45, 2.75) is 23.9 Å². The summed E-state index contributed by atoms with van der Waals surface area (Å²) in [6, 6.07) is 30.7. The number of rotatable bonds is 6. The number of sulfonamides is 1. The van der Waals surface area contributed by atoms with Crippen molar-refractivity contribution in [2.24, 2.45) is 0 Å². The zero-order valence-electron chi connectivity index (χ0n) is 18.1. The van der Waals surface area contributed by atoms with E-state index in [4.69, 9.17) is 4.98 Å². The van der Waals surface area contributed by atoms with Gasteiger partial charge in [0, 0.05) is 30.9 Å². The average molecular weight is 456 g/mol. The van der Waals surface area contributed by atoms with Crippen molar-refractivity contribution in [3.05, 3.63) is 114 Å². The molecule has 1 aliphatic rings. The van der Waals surface area contributed by atoms with Gasteiger partial charge in [-0.05, 0) is 41.3 Å². The molecule has 5 rings (SSSR count). The molecule has 3 aromatic carbocycles. The maximum absolute atomic E-state index is 13.0. The molecule has 33 heavy (non-hydrogen) atoms. The van der Waals surface area contributed by atoms with Gasteiger partial charge in [0.05, 0.1) is 4.90 Å². The first-order valence-corrected chi connectivity index (χ1v) is 12.5. The second-order valence-electron chi connectivity index (χ2n) is 8.27. The molecule has 6 heteroatoms. The minimum atomic E-state index is -3.62. The second-order valence-corrected chi connectivity index (χ2v) is 9.99. The molecule has 0 fully saturated rings. The maximum atomic E-state index is 13.0. The highest BCUT2D eigenvalue weighted by molar-refractivity contribution is 7.89. The van der Waals surface area contributed by atoms with E-state index in [0.717, 1.165) is 28.1 Å². The number of hydrogen-bond donors (Lipinski definition) is 1. The van der Waals surface area contributed by atoms with E-state index in [9.17, 15) is 8.42 Å². The first-order valence-electron chi connectivity index (χ1n) is 11.0. The van der Waals surface area contributed by atoms with Gasteiger partial charge in [0.25, 0.3) is 0 Å². The summed E-state index contributed by atoms with van der Waals surface area (Å²) in [6.07, 6.45) is 2.49. The van der Waals surface area contributed by atoms with Crippen LogP contribution in [0.1, 0.15) is 11.1 Å². The third-order valence-corrected chi connectivity index (χ3v) is 7.38. The minimum absolute atomic E-state index is 0.265. The van der Waals surface area contributed by atoms with Gasteiger partial charge in [-0.2, -0.15) is 0 Å². The minimum Gasteiger partial charge on any atom is -0.350 e. The van der Waals surface area contributed by atoms with Crippen molar-refractivity contribution < 1.29 is 8.42 Å². The summed E-state index contributed by atoms with van der Waals surface area (Å²) in [5.74, 6) is 0.911. The molecule has 0 amide bonds. The zero-order valence-corrected chi connectivity index (χ0v) is 18.9. The van der Waals surface area contributed by atoms with Gasteiger partial charge < -0.3 is 4.90 Å². The van der Waals surface area contributed by atoms with Crippen LogP contribution in [0, 0.1) is 0 Å². The fourth-order valence-electron chi connectivity index (χ4n) is 4.32. The number of hydrogen-bond acceptors (Lipinski definition) is 4. The molecule has 1 unspecified atom stereocenters. The van der Waals surface area contributed by atoms with Crippen LogP contribution in [0.15, 0.2) is 108 Å². The van der Waals surface area contributed by atoms with E-state index in [2.05, 4.69) is 40.0 Å². The molecule has 1 atom stereocenters. The van der Waals surface area contributed by atoms with Crippen LogP contribution in [0.4, 0.5) is 5.82 Å². The molecule has 1 aliphatic heterocycles. The number of nitrogens with one attached hydrogen (secondary N) is 1. The van der Waals surface area contributed by atoms with Crippen LogP contribution in [0.3, 0.4) is 0 Å². The number of anilines is 1. The van der Waals surface area contributed by atoms with Crippen LogP contribution in [0.25, 0.3) is 11.1 Å². The van der Waals surface area contributed by atoms with E-state index in [-0.39, 0.29) is 10.9 Å². The van der Waals surface area contributed by atoms with E-state index in [1.807, 2.05) is 48.7 Å². The number of benzene rings is 3. The molecule has 0 bridgehead atoms. The number of pyridine rings is 1. The van der Waals surface area contributed by atoms with Crippen LogP contribution in [0.2, 0.25) is 0 Å². The van der Waals surface area contributed by atoms with E-state index >= 15 is 0 Å². The van der Waals surface area contributed by atoms with Gasteiger partial charge in [0.15, 0.2) is 0 Å². The molecule has 0 saturated heterocycles. The fraction of sp³-hybridized carbons (Fsp3) is 0.148. The predicted octanol–water partition coefficient (Wildman–Crippen LogP) is 4.66. The van der Waals surface area contributed by atoms with Gasteiger partial charge in [0.1, 0.15) is 5.82 Å².